The number of ether oxygens (including phenoxy) is 1. The van der Waals surface area contributed by atoms with Crippen LogP contribution in [0.4, 0.5) is 0 Å². The molecule has 1 aromatic rings. The second kappa shape index (κ2) is 13.1. The van der Waals surface area contributed by atoms with Crippen molar-refractivity contribution in [1.82, 2.24) is 15.2 Å². The van der Waals surface area contributed by atoms with E-state index in [0.717, 1.165) is 58.0 Å². The first-order valence-electron chi connectivity index (χ1n) is 9.86. The van der Waals surface area contributed by atoms with Crippen LogP contribution in [-0.2, 0) is 11.3 Å². The molecule has 2 rings (SSSR count). The van der Waals surface area contributed by atoms with Crippen LogP contribution in [0.1, 0.15) is 45.4 Å². The van der Waals surface area contributed by atoms with E-state index >= 15 is 0 Å². The Morgan fingerprint density at radius 1 is 1.30 bits per heavy atom. The molecule has 154 valence electrons. The fourth-order valence-corrected chi connectivity index (χ4v) is 3.33. The third kappa shape index (κ3) is 8.21. The van der Waals surface area contributed by atoms with Crippen LogP contribution in [0.2, 0.25) is 0 Å². The van der Waals surface area contributed by atoms with Crippen molar-refractivity contribution in [3.05, 3.63) is 34.7 Å². The second-order valence-corrected chi connectivity index (χ2v) is 7.16. The summed E-state index contributed by atoms with van der Waals surface area (Å²) < 4.78 is 7.02. The van der Waals surface area contributed by atoms with Crippen LogP contribution in [0.15, 0.2) is 34.2 Å². The molecule has 1 heterocycles. The summed E-state index contributed by atoms with van der Waals surface area (Å²) in [6.45, 7) is 6.25. The Balaban J connectivity index is 0.00000364. The molecule has 1 fully saturated rings. The summed E-state index contributed by atoms with van der Waals surface area (Å²) in [5.41, 5.74) is 0.407. The van der Waals surface area contributed by atoms with E-state index in [9.17, 15) is 4.79 Å². The zero-order chi connectivity index (χ0) is 18.7. The highest BCUT2D eigenvalue weighted by Crippen LogP contribution is 2.44. The molecule has 2 N–H and O–H groups in total. The zero-order valence-corrected chi connectivity index (χ0v) is 19.0. The number of aliphatic imine (C=N–C) groups is 1. The molecule has 27 heavy (non-hydrogen) atoms. The number of halogens is 1. The minimum absolute atomic E-state index is 0. The minimum Gasteiger partial charge on any atom is -0.385 e. The van der Waals surface area contributed by atoms with Crippen LogP contribution >= 0.6 is 24.0 Å². The maximum absolute atomic E-state index is 11.7. The number of pyridine rings is 1. The Bertz CT molecular complexity index is 614. The van der Waals surface area contributed by atoms with Crippen molar-refractivity contribution in [1.29, 1.82) is 0 Å². The Kier molecular flexibility index (Phi) is 11.7. The number of nitrogens with one attached hydrogen (secondary N) is 2. The number of aromatic nitrogens is 1. The first-order valence-corrected chi connectivity index (χ1v) is 9.86. The lowest BCUT2D eigenvalue weighted by Gasteiger charge is -2.40. The largest absolute Gasteiger partial charge is 0.385 e. The van der Waals surface area contributed by atoms with E-state index < -0.39 is 0 Å². The summed E-state index contributed by atoms with van der Waals surface area (Å²) in [5.74, 6) is 0.896. The minimum atomic E-state index is 0. The summed E-state index contributed by atoms with van der Waals surface area (Å²) in [6, 6.07) is 5.28. The summed E-state index contributed by atoms with van der Waals surface area (Å²) in [6.07, 6.45) is 8.73. The van der Waals surface area contributed by atoms with E-state index in [1.54, 1.807) is 23.8 Å². The summed E-state index contributed by atoms with van der Waals surface area (Å²) >= 11 is 0. The molecule has 0 saturated heterocycles. The average Bonchev–Trinajstić information content (AvgIpc) is 2.61. The van der Waals surface area contributed by atoms with Crippen molar-refractivity contribution < 1.29 is 4.74 Å². The van der Waals surface area contributed by atoms with Crippen molar-refractivity contribution in [2.75, 3.05) is 33.4 Å². The Morgan fingerprint density at radius 3 is 2.74 bits per heavy atom. The van der Waals surface area contributed by atoms with Crippen molar-refractivity contribution in [2.24, 2.45) is 10.4 Å². The molecule has 0 unspecified atom stereocenters. The van der Waals surface area contributed by atoms with Gasteiger partial charge in [-0.05, 0) is 50.5 Å². The van der Waals surface area contributed by atoms with E-state index in [1.165, 1.54) is 19.3 Å². The summed E-state index contributed by atoms with van der Waals surface area (Å²) in [4.78, 5) is 16.5. The van der Waals surface area contributed by atoms with Crippen LogP contribution < -0.4 is 16.2 Å². The lowest BCUT2D eigenvalue weighted by atomic mass is 9.67. The molecule has 1 saturated carbocycles. The maximum Gasteiger partial charge on any atom is 0.250 e. The van der Waals surface area contributed by atoms with Gasteiger partial charge in [0.25, 0.3) is 0 Å². The number of methoxy groups -OCH3 is 1. The summed E-state index contributed by atoms with van der Waals surface area (Å²) in [7, 11) is 1.77. The van der Waals surface area contributed by atoms with Crippen LogP contribution in [0, 0.1) is 5.41 Å². The van der Waals surface area contributed by atoms with Gasteiger partial charge < -0.3 is 19.9 Å². The zero-order valence-electron chi connectivity index (χ0n) is 16.7. The monoisotopic (exact) mass is 490 g/mol. The molecule has 0 bridgehead atoms. The highest BCUT2D eigenvalue weighted by molar-refractivity contribution is 14.0. The Hall–Kier alpha value is -1.09. The molecule has 1 aliphatic rings. The molecule has 0 spiro atoms. The molecular weight excluding hydrogens is 455 g/mol. The van der Waals surface area contributed by atoms with Crippen LogP contribution in [0.3, 0.4) is 0 Å². The molecule has 0 amide bonds. The first kappa shape index (κ1) is 23.9. The molecule has 1 aliphatic carbocycles. The van der Waals surface area contributed by atoms with Crippen molar-refractivity contribution in [2.45, 2.75) is 52.0 Å². The lowest BCUT2D eigenvalue weighted by molar-refractivity contribution is 0.0778. The molecule has 0 atom stereocenters. The highest BCUT2D eigenvalue weighted by atomic mass is 127. The molecule has 6 nitrogen and oxygen atoms in total. The number of rotatable bonds is 11. The van der Waals surface area contributed by atoms with Gasteiger partial charge in [0.2, 0.25) is 5.56 Å². The van der Waals surface area contributed by atoms with Crippen LogP contribution in [0.25, 0.3) is 0 Å². The molecule has 7 heteroatoms. The first-order chi connectivity index (χ1) is 12.7. The van der Waals surface area contributed by atoms with Gasteiger partial charge in [-0.15, -0.1) is 24.0 Å². The van der Waals surface area contributed by atoms with E-state index in [-0.39, 0.29) is 29.5 Å². The van der Waals surface area contributed by atoms with Gasteiger partial charge in [0.1, 0.15) is 0 Å². The van der Waals surface area contributed by atoms with Crippen molar-refractivity contribution in [3.8, 4) is 0 Å². The number of nitrogens with zero attached hydrogens (tertiary/aromatic N) is 2. The van der Waals surface area contributed by atoms with Crippen molar-refractivity contribution in [3.63, 3.8) is 0 Å². The number of guanidine groups is 1. The topological polar surface area (TPSA) is 67.7 Å². The van der Waals surface area contributed by atoms with E-state index in [2.05, 4.69) is 17.6 Å². The number of unbranched alkanes of at least 4 members (excludes halogenated alkanes) is 1. The van der Waals surface area contributed by atoms with Gasteiger partial charge in [-0.25, -0.2) is 0 Å². The van der Waals surface area contributed by atoms with Gasteiger partial charge >= 0.3 is 0 Å². The predicted octanol–water partition coefficient (Wildman–Crippen LogP) is 3.01. The number of aryl methyl sites for hydroxylation is 1. The SMILES string of the molecule is CCNC(=NCC1(CCOC)CCC1)NCCCCn1ccccc1=O.I. The maximum atomic E-state index is 11.7. The lowest BCUT2D eigenvalue weighted by Crippen LogP contribution is -2.40. The van der Waals surface area contributed by atoms with E-state index in [0.29, 0.717) is 5.41 Å². The van der Waals surface area contributed by atoms with Gasteiger partial charge in [0.05, 0.1) is 0 Å². The molecule has 1 aromatic heterocycles. The van der Waals surface area contributed by atoms with Gasteiger partial charge in [0, 0.05) is 52.2 Å². The van der Waals surface area contributed by atoms with Gasteiger partial charge in [0.15, 0.2) is 5.96 Å². The van der Waals surface area contributed by atoms with Crippen LogP contribution in [-0.4, -0.2) is 43.9 Å². The third-order valence-corrected chi connectivity index (χ3v) is 5.18. The molecule has 0 radical (unpaired) electrons. The van der Waals surface area contributed by atoms with Gasteiger partial charge in [-0.3, -0.25) is 9.79 Å². The normalized spacial score (nSPS) is 15.6. The fourth-order valence-electron chi connectivity index (χ4n) is 3.33. The molecule has 0 aromatic carbocycles. The number of hydrogen-bond donors (Lipinski definition) is 2. The van der Waals surface area contributed by atoms with E-state index in [4.69, 9.17) is 9.73 Å². The van der Waals surface area contributed by atoms with Crippen LogP contribution in [0.5, 0.6) is 0 Å². The van der Waals surface area contributed by atoms with E-state index in [1.807, 2.05) is 12.3 Å². The van der Waals surface area contributed by atoms with Gasteiger partial charge in [-0.1, -0.05) is 12.5 Å². The second-order valence-electron chi connectivity index (χ2n) is 7.16. The summed E-state index contributed by atoms with van der Waals surface area (Å²) in [5, 5.41) is 6.75. The van der Waals surface area contributed by atoms with Crippen molar-refractivity contribution >= 4 is 29.9 Å². The average molecular weight is 490 g/mol. The smallest absolute Gasteiger partial charge is 0.250 e. The molecular formula is C20H35IN4O2. The fraction of sp³-hybridized carbons (Fsp3) is 0.700. The quantitative estimate of drug-likeness (QED) is 0.217. The predicted molar refractivity (Wildman–Crippen MR) is 122 cm³/mol. The highest BCUT2D eigenvalue weighted by Gasteiger charge is 2.36. The number of hydrogen-bond acceptors (Lipinski definition) is 3. The standard InChI is InChI=1S/C20H34N4O2.HI/c1-3-21-19(23-17-20(10-8-11-20)12-16-26-2)22-13-5-7-15-24-14-6-4-9-18(24)25;/h4,6,9,14H,3,5,7-8,10-13,15-17H2,1-2H3,(H2,21,22,23);1H. The van der Waals surface area contributed by atoms with Gasteiger partial charge in [-0.2, -0.15) is 0 Å². The Morgan fingerprint density at radius 2 is 2.11 bits per heavy atom. The molecule has 0 aliphatic heterocycles. The Labute approximate surface area is 180 Å². The third-order valence-electron chi connectivity index (χ3n) is 5.18.